The first-order valence-corrected chi connectivity index (χ1v) is 7.11. The van der Waals surface area contributed by atoms with Gasteiger partial charge in [0.05, 0.1) is 11.8 Å². The van der Waals surface area contributed by atoms with E-state index in [1.54, 1.807) is 25.3 Å². The molecule has 3 aromatic rings. The van der Waals surface area contributed by atoms with Crippen molar-refractivity contribution in [3.05, 3.63) is 48.6 Å². The number of pyridine rings is 1. The Bertz CT molecular complexity index is 828. The minimum atomic E-state index is -0.774. The van der Waals surface area contributed by atoms with Gasteiger partial charge in [0.2, 0.25) is 11.9 Å². The van der Waals surface area contributed by atoms with E-state index in [0.717, 1.165) is 0 Å². The van der Waals surface area contributed by atoms with Gasteiger partial charge in [-0.3, -0.25) is 25.0 Å². The van der Waals surface area contributed by atoms with Gasteiger partial charge >= 0.3 is 0 Å². The van der Waals surface area contributed by atoms with Crippen molar-refractivity contribution in [1.82, 2.24) is 25.5 Å². The number of rotatable bonds is 5. The minimum Gasteiger partial charge on any atom is -0.472 e. The molecule has 0 fully saturated rings. The molecule has 3 heterocycles. The van der Waals surface area contributed by atoms with Crippen molar-refractivity contribution in [3.63, 3.8) is 0 Å². The third kappa shape index (κ3) is 3.46. The van der Waals surface area contributed by atoms with Crippen LogP contribution in [0.4, 0.5) is 5.95 Å². The van der Waals surface area contributed by atoms with E-state index in [-0.39, 0.29) is 5.95 Å². The van der Waals surface area contributed by atoms with Gasteiger partial charge in [0.1, 0.15) is 18.0 Å². The zero-order valence-corrected chi connectivity index (χ0v) is 12.7. The highest BCUT2D eigenvalue weighted by Crippen LogP contribution is 2.12. The summed E-state index contributed by atoms with van der Waals surface area (Å²) >= 11 is 0. The Morgan fingerprint density at radius 3 is 2.88 bits per heavy atom. The molecule has 0 spiro atoms. The van der Waals surface area contributed by atoms with Crippen molar-refractivity contribution in [1.29, 1.82) is 0 Å². The Morgan fingerprint density at radius 1 is 1.29 bits per heavy atom. The Hall–Kier alpha value is -3.49. The maximum atomic E-state index is 12.1. The van der Waals surface area contributed by atoms with Gasteiger partial charge in [-0.2, -0.15) is 4.98 Å². The zero-order valence-electron chi connectivity index (χ0n) is 12.7. The molecule has 122 valence electrons. The molecule has 0 unspecified atom stereocenters. The fourth-order valence-electron chi connectivity index (χ4n) is 1.89. The van der Waals surface area contributed by atoms with Crippen LogP contribution in [0, 0.1) is 0 Å². The van der Waals surface area contributed by atoms with Crippen molar-refractivity contribution in [3.8, 4) is 11.5 Å². The van der Waals surface area contributed by atoms with Crippen LogP contribution in [0.25, 0.3) is 11.5 Å². The second-order valence-corrected chi connectivity index (χ2v) is 4.92. The van der Waals surface area contributed by atoms with Crippen molar-refractivity contribution in [2.75, 3.05) is 5.32 Å². The molecule has 24 heavy (non-hydrogen) atoms. The smallest absolute Gasteiger partial charge is 0.255 e. The van der Waals surface area contributed by atoms with E-state index in [2.05, 4.69) is 30.8 Å². The van der Waals surface area contributed by atoms with Gasteiger partial charge in [-0.1, -0.05) is 6.07 Å². The molecule has 9 nitrogen and oxygen atoms in total. The molecule has 0 radical (unpaired) electrons. The molecule has 1 atom stereocenters. The van der Waals surface area contributed by atoms with Gasteiger partial charge in [0, 0.05) is 6.20 Å². The molecule has 0 aliphatic rings. The van der Waals surface area contributed by atoms with E-state index in [1.807, 2.05) is 6.07 Å². The predicted molar refractivity (Wildman–Crippen MR) is 83.9 cm³/mol. The Balaban J connectivity index is 1.60. The topological polar surface area (TPSA) is 126 Å². The minimum absolute atomic E-state index is 0.102. The third-order valence-electron chi connectivity index (χ3n) is 3.15. The highest BCUT2D eigenvalue weighted by molar-refractivity contribution is 6.00. The number of furan rings is 1. The SMILES string of the molecule is C[C@H](NC(=O)c1ccoc1)C(=O)Nc1n[nH]c(-c2ccccn2)n1. The van der Waals surface area contributed by atoms with Gasteiger partial charge < -0.3 is 9.73 Å². The van der Waals surface area contributed by atoms with Gasteiger partial charge in [-0.05, 0) is 25.1 Å². The van der Waals surface area contributed by atoms with Crippen LogP contribution in [0.2, 0.25) is 0 Å². The Morgan fingerprint density at radius 2 is 2.17 bits per heavy atom. The van der Waals surface area contributed by atoms with Gasteiger partial charge in [-0.15, -0.1) is 5.10 Å². The number of carbonyl (C=O) groups is 2. The summed E-state index contributed by atoms with van der Waals surface area (Å²) < 4.78 is 4.83. The fourth-order valence-corrected chi connectivity index (χ4v) is 1.89. The number of carbonyl (C=O) groups excluding carboxylic acids is 2. The lowest BCUT2D eigenvalue weighted by Crippen LogP contribution is -2.41. The van der Waals surface area contributed by atoms with E-state index < -0.39 is 17.9 Å². The quantitative estimate of drug-likeness (QED) is 0.647. The van der Waals surface area contributed by atoms with Crippen LogP contribution in [-0.2, 0) is 4.79 Å². The number of amides is 2. The van der Waals surface area contributed by atoms with E-state index in [1.165, 1.54) is 18.6 Å². The van der Waals surface area contributed by atoms with Gasteiger partial charge in [-0.25, -0.2) is 0 Å². The molecule has 0 aromatic carbocycles. The number of nitrogens with zero attached hydrogens (tertiary/aromatic N) is 3. The first-order chi connectivity index (χ1) is 11.6. The van der Waals surface area contributed by atoms with Crippen LogP contribution < -0.4 is 10.6 Å². The molecular weight excluding hydrogens is 312 g/mol. The molecule has 9 heteroatoms. The van der Waals surface area contributed by atoms with Crippen LogP contribution in [0.1, 0.15) is 17.3 Å². The molecule has 0 saturated carbocycles. The van der Waals surface area contributed by atoms with Crippen LogP contribution in [-0.4, -0.2) is 38.0 Å². The zero-order chi connectivity index (χ0) is 16.9. The maximum Gasteiger partial charge on any atom is 0.255 e. The van der Waals surface area contributed by atoms with E-state index in [4.69, 9.17) is 4.42 Å². The van der Waals surface area contributed by atoms with E-state index in [0.29, 0.717) is 17.1 Å². The number of anilines is 1. The molecular formula is C15H14N6O3. The second kappa shape index (κ2) is 6.73. The molecule has 0 aliphatic carbocycles. The first kappa shape index (κ1) is 15.4. The molecule has 0 bridgehead atoms. The molecule has 0 saturated heterocycles. The predicted octanol–water partition coefficient (Wildman–Crippen LogP) is 1.22. The largest absolute Gasteiger partial charge is 0.472 e. The number of nitrogens with one attached hydrogen (secondary N) is 3. The molecule has 3 aromatic heterocycles. The lowest BCUT2D eigenvalue weighted by atomic mass is 10.2. The van der Waals surface area contributed by atoms with Crippen LogP contribution in [0.5, 0.6) is 0 Å². The van der Waals surface area contributed by atoms with Crippen LogP contribution in [0.3, 0.4) is 0 Å². The number of aromatic nitrogens is 4. The molecule has 0 aliphatic heterocycles. The maximum absolute atomic E-state index is 12.1. The molecule has 2 amide bonds. The second-order valence-electron chi connectivity index (χ2n) is 4.92. The number of aromatic amines is 1. The monoisotopic (exact) mass is 326 g/mol. The fraction of sp³-hybridized carbons (Fsp3) is 0.133. The normalized spacial score (nSPS) is 11.7. The highest BCUT2D eigenvalue weighted by Gasteiger charge is 2.19. The van der Waals surface area contributed by atoms with Gasteiger partial charge in [0.15, 0.2) is 5.82 Å². The summed E-state index contributed by atoms with van der Waals surface area (Å²) in [6.45, 7) is 1.56. The van der Waals surface area contributed by atoms with E-state index >= 15 is 0 Å². The third-order valence-corrected chi connectivity index (χ3v) is 3.15. The standard InChI is InChI=1S/C15H14N6O3/c1-9(17-14(23)10-5-7-24-8-10)13(22)19-15-18-12(20-21-15)11-4-2-3-6-16-11/h2-9H,1H3,(H,17,23)(H2,18,19,20,21,22)/t9-/m0/s1. The first-order valence-electron chi connectivity index (χ1n) is 7.11. The van der Waals surface area contributed by atoms with Crippen molar-refractivity contribution in [2.45, 2.75) is 13.0 Å². The molecule has 3 N–H and O–H groups in total. The van der Waals surface area contributed by atoms with Crippen molar-refractivity contribution >= 4 is 17.8 Å². The van der Waals surface area contributed by atoms with Crippen molar-refractivity contribution in [2.24, 2.45) is 0 Å². The van der Waals surface area contributed by atoms with E-state index in [9.17, 15) is 9.59 Å². The summed E-state index contributed by atoms with van der Waals surface area (Å²) in [4.78, 5) is 32.2. The Labute approximate surface area is 136 Å². The lowest BCUT2D eigenvalue weighted by Gasteiger charge is -2.11. The average Bonchev–Trinajstić information content (AvgIpc) is 3.27. The summed E-state index contributed by atoms with van der Waals surface area (Å²) in [7, 11) is 0. The number of hydrogen-bond donors (Lipinski definition) is 3. The number of H-pyrrole nitrogens is 1. The summed E-state index contributed by atoms with van der Waals surface area (Å²) in [6.07, 6.45) is 4.31. The lowest BCUT2D eigenvalue weighted by molar-refractivity contribution is -0.117. The molecule has 3 rings (SSSR count). The van der Waals surface area contributed by atoms with Crippen LogP contribution >= 0.6 is 0 Å². The summed E-state index contributed by atoms with van der Waals surface area (Å²) in [5.74, 6) is -0.319. The average molecular weight is 326 g/mol. The van der Waals surface area contributed by atoms with Crippen molar-refractivity contribution < 1.29 is 14.0 Å². The summed E-state index contributed by atoms with van der Waals surface area (Å²) in [5, 5.41) is 11.7. The Kier molecular flexibility index (Phi) is 4.32. The summed E-state index contributed by atoms with van der Waals surface area (Å²) in [5.41, 5.74) is 0.941. The van der Waals surface area contributed by atoms with Gasteiger partial charge in [0.25, 0.3) is 5.91 Å². The highest BCUT2D eigenvalue weighted by atomic mass is 16.3. The van der Waals surface area contributed by atoms with Crippen LogP contribution in [0.15, 0.2) is 47.4 Å². The number of hydrogen-bond acceptors (Lipinski definition) is 6. The summed E-state index contributed by atoms with van der Waals surface area (Å²) in [6, 6.07) is 6.10.